The molecular weight excluding hydrogens is 218 g/mol. The number of hydrogen-bond donors (Lipinski definition) is 2. The van der Waals surface area contributed by atoms with Gasteiger partial charge in [0.15, 0.2) is 6.29 Å². The van der Waals surface area contributed by atoms with Crippen LogP contribution >= 0.6 is 0 Å². The van der Waals surface area contributed by atoms with Gasteiger partial charge in [-0.2, -0.15) is 0 Å². The number of rotatable bonds is 5. The molecule has 0 aromatic heterocycles. The summed E-state index contributed by atoms with van der Waals surface area (Å²) in [7, 11) is 0. The molecule has 4 nitrogen and oxygen atoms in total. The number of allylic oxidation sites excluding steroid dienone is 1. The van der Waals surface area contributed by atoms with Crippen LogP contribution in [0.4, 0.5) is 0 Å². The van der Waals surface area contributed by atoms with Crippen LogP contribution < -0.4 is 5.11 Å². The Bertz CT molecular complexity index is 291. The number of nitrogens with zero attached hydrogens (tertiary/aromatic N) is 1. The van der Waals surface area contributed by atoms with Crippen LogP contribution in [0.1, 0.15) is 26.7 Å². The van der Waals surface area contributed by atoms with Crippen molar-refractivity contribution in [2.45, 2.75) is 39.0 Å². The van der Waals surface area contributed by atoms with Crippen LogP contribution in [0.15, 0.2) is 23.3 Å². The predicted molar refractivity (Wildman–Crippen MR) is 65.2 cm³/mol. The molecule has 0 aliphatic carbocycles. The van der Waals surface area contributed by atoms with Crippen LogP contribution in [0.3, 0.4) is 0 Å². The van der Waals surface area contributed by atoms with Gasteiger partial charge in [0.25, 0.3) is 0 Å². The van der Waals surface area contributed by atoms with E-state index in [1.807, 2.05) is 6.92 Å². The summed E-state index contributed by atoms with van der Waals surface area (Å²) >= 11 is 0. The van der Waals surface area contributed by atoms with Crippen molar-refractivity contribution in [3.05, 3.63) is 23.3 Å². The lowest BCUT2D eigenvalue weighted by Gasteiger charge is -2.28. The predicted octanol–water partition coefficient (Wildman–Crippen LogP) is 0.0144. The Kier molecular flexibility index (Phi) is 5.85. The van der Waals surface area contributed by atoms with E-state index in [2.05, 4.69) is 4.90 Å². The Hall–Kier alpha value is -0.680. The fraction of sp³-hybridized carbons (Fsp3) is 0.692. The van der Waals surface area contributed by atoms with Crippen molar-refractivity contribution in [3.63, 3.8) is 0 Å². The minimum Gasteiger partial charge on any atom is -0.851 e. The molecule has 2 N–H and O–H groups in total. The third-order valence-electron chi connectivity index (χ3n) is 3.36. The maximum atomic E-state index is 10.9. The molecule has 0 saturated carbocycles. The Balaban J connectivity index is 2.84. The summed E-state index contributed by atoms with van der Waals surface area (Å²) < 4.78 is 0. The number of likely N-dealkylation sites (tertiary alicyclic amines) is 1. The molecule has 1 saturated heterocycles. The van der Waals surface area contributed by atoms with E-state index in [1.165, 1.54) is 0 Å². The van der Waals surface area contributed by atoms with Crippen molar-refractivity contribution in [1.82, 2.24) is 4.90 Å². The van der Waals surface area contributed by atoms with Crippen LogP contribution in [-0.4, -0.2) is 47.1 Å². The molecule has 4 heteroatoms. The highest BCUT2D eigenvalue weighted by Crippen LogP contribution is 2.20. The first-order chi connectivity index (χ1) is 8.10. The minimum atomic E-state index is -1.49. The van der Waals surface area contributed by atoms with Gasteiger partial charge in [-0.1, -0.05) is 17.7 Å². The van der Waals surface area contributed by atoms with E-state index >= 15 is 0 Å². The minimum absolute atomic E-state index is 0.0287. The first kappa shape index (κ1) is 14.4. The maximum Gasteiger partial charge on any atom is 0.176 e. The highest BCUT2D eigenvalue weighted by Gasteiger charge is 2.24. The van der Waals surface area contributed by atoms with Gasteiger partial charge < -0.3 is 15.3 Å². The molecular formula is C13H22NO3-. The fourth-order valence-corrected chi connectivity index (χ4v) is 2.17. The zero-order valence-corrected chi connectivity index (χ0v) is 10.6. The third-order valence-corrected chi connectivity index (χ3v) is 3.36. The fourth-order valence-electron chi connectivity index (χ4n) is 2.17. The molecule has 1 heterocycles. The van der Waals surface area contributed by atoms with Crippen LogP contribution in [0.2, 0.25) is 0 Å². The molecule has 17 heavy (non-hydrogen) atoms. The van der Waals surface area contributed by atoms with E-state index in [1.54, 1.807) is 19.1 Å². The van der Waals surface area contributed by atoms with Crippen molar-refractivity contribution in [2.75, 3.05) is 19.7 Å². The lowest BCUT2D eigenvalue weighted by molar-refractivity contribution is -0.355. The molecule has 0 spiro atoms. The van der Waals surface area contributed by atoms with E-state index < -0.39 is 6.29 Å². The van der Waals surface area contributed by atoms with E-state index in [0.717, 1.165) is 25.9 Å². The highest BCUT2D eigenvalue weighted by atomic mass is 16.5. The molecule has 1 aliphatic heterocycles. The smallest absolute Gasteiger partial charge is 0.176 e. The monoisotopic (exact) mass is 240 g/mol. The molecule has 1 unspecified atom stereocenters. The second kappa shape index (κ2) is 6.91. The SMILES string of the molecule is C/C=C(\C=C(\C(O)O)C(C)N1CCCC1)C[O-]. The lowest BCUT2D eigenvalue weighted by Crippen LogP contribution is -2.36. The molecule has 0 radical (unpaired) electrons. The van der Waals surface area contributed by atoms with Crippen LogP contribution in [-0.2, 0) is 0 Å². The zero-order valence-electron chi connectivity index (χ0n) is 10.6. The maximum absolute atomic E-state index is 10.9. The second-order valence-electron chi connectivity index (χ2n) is 4.44. The largest absolute Gasteiger partial charge is 0.851 e. The van der Waals surface area contributed by atoms with Gasteiger partial charge in [-0.05, 0) is 39.8 Å². The zero-order chi connectivity index (χ0) is 12.8. The average Bonchev–Trinajstić information content (AvgIpc) is 2.83. The van der Waals surface area contributed by atoms with Crippen LogP contribution in [0, 0.1) is 0 Å². The van der Waals surface area contributed by atoms with Crippen LogP contribution in [0.5, 0.6) is 0 Å². The molecule has 0 amide bonds. The first-order valence-electron chi connectivity index (χ1n) is 6.15. The highest BCUT2D eigenvalue weighted by molar-refractivity contribution is 5.27. The molecule has 1 atom stereocenters. The van der Waals surface area contributed by atoms with E-state index in [9.17, 15) is 15.3 Å². The van der Waals surface area contributed by atoms with Gasteiger partial charge in [-0.3, -0.25) is 4.90 Å². The van der Waals surface area contributed by atoms with Gasteiger partial charge >= 0.3 is 0 Å². The molecule has 0 bridgehead atoms. The van der Waals surface area contributed by atoms with Crippen molar-refractivity contribution < 1.29 is 15.3 Å². The average molecular weight is 240 g/mol. The first-order valence-corrected chi connectivity index (χ1v) is 6.15. The number of aliphatic hydroxyl groups is 2. The second-order valence-corrected chi connectivity index (χ2v) is 4.44. The molecule has 0 aromatic rings. The number of aliphatic hydroxyl groups excluding tert-OH is 1. The lowest BCUT2D eigenvalue weighted by atomic mass is 10.0. The van der Waals surface area contributed by atoms with Crippen LogP contribution in [0.25, 0.3) is 0 Å². The third kappa shape index (κ3) is 3.92. The Morgan fingerprint density at radius 3 is 2.35 bits per heavy atom. The molecule has 98 valence electrons. The standard InChI is InChI=1S/C13H22NO3/c1-3-11(9-15)8-12(13(16)17)10(2)14-6-4-5-7-14/h3,8,10,13,16-17H,4-7,9H2,1-2H3/q-1/b11-3+,12-8+. The summed E-state index contributed by atoms with van der Waals surface area (Å²) in [6.07, 6.45) is 4.15. The molecule has 1 rings (SSSR count). The summed E-state index contributed by atoms with van der Waals surface area (Å²) in [6.45, 7) is 5.36. The normalized spacial score (nSPS) is 21.3. The summed E-state index contributed by atoms with van der Waals surface area (Å²) in [5.41, 5.74) is 1.11. The van der Waals surface area contributed by atoms with Crippen molar-refractivity contribution in [2.24, 2.45) is 0 Å². The van der Waals surface area contributed by atoms with Crippen molar-refractivity contribution in [1.29, 1.82) is 0 Å². The Morgan fingerprint density at radius 2 is 1.94 bits per heavy atom. The molecule has 0 aromatic carbocycles. The summed E-state index contributed by atoms with van der Waals surface area (Å²) in [5.74, 6) is 0. The number of hydrogen-bond acceptors (Lipinski definition) is 4. The van der Waals surface area contributed by atoms with Gasteiger partial charge in [0.05, 0.1) is 0 Å². The topological polar surface area (TPSA) is 66.8 Å². The van der Waals surface area contributed by atoms with Gasteiger partial charge in [-0.25, -0.2) is 0 Å². The molecule has 1 aliphatic rings. The summed E-state index contributed by atoms with van der Waals surface area (Å²) in [6, 6.07) is -0.0287. The van der Waals surface area contributed by atoms with Gasteiger partial charge in [0.2, 0.25) is 0 Å². The van der Waals surface area contributed by atoms with E-state index in [0.29, 0.717) is 11.1 Å². The van der Waals surface area contributed by atoms with E-state index in [-0.39, 0.29) is 12.6 Å². The van der Waals surface area contributed by atoms with Gasteiger partial charge in [0, 0.05) is 11.6 Å². The summed E-state index contributed by atoms with van der Waals surface area (Å²) in [5, 5.41) is 29.7. The van der Waals surface area contributed by atoms with Crippen molar-refractivity contribution in [3.8, 4) is 0 Å². The van der Waals surface area contributed by atoms with Crippen molar-refractivity contribution >= 4 is 0 Å². The molecule has 1 fully saturated rings. The quantitative estimate of drug-likeness (QED) is 0.525. The Labute approximate surface area is 103 Å². The van der Waals surface area contributed by atoms with Gasteiger partial charge in [-0.15, -0.1) is 6.61 Å². The Morgan fingerprint density at radius 1 is 1.35 bits per heavy atom. The summed E-state index contributed by atoms with van der Waals surface area (Å²) in [4.78, 5) is 2.21. The van der Waals surface area contributed by atoms with E-state index in [4.69, 9.17) is 0 Å². The van der Waals surface area contributed by atoms with Gasteiger partial charge in [0.1, 0.15) is 0 Å².